The van der Waals surface area contributed by atoms with Crippen molar-refractivity contribution in [2.45, 2.75) is 11.8 Å². The summed E-state index contributed by atoms with van der Waals surface area (Å²) in [5, 5.41) is 2.24. The van der Waals surface area contributed by atoms with Crippen LogP contribution in [0.25, 0.3) is 56.1 Å². The summed E-state index contributed by atoms with van der Waals surface area (Å²) < 4.78 is 6.86. The number of furan rings is 1. The zero-order valence-electron chi connectivity index (χ0n) is 28.5. The van der Waals surface area contributed by atoms with Crippen LogP contribution in [0.1, 0.15) is 28.7 Å². The second-order valence-electron chi connectivity index (χ2n) is 13.9. The van der Waals surface area contributed by atoms with Gasteiger partial charge in [0, 0.05) is 28.3 Å². The van der Waals surface area contributed by atoms with Crippen molar-refractivity contribution in [1.29, 1.82) is 0 Å². The molecule has 0 saturated heterocycles. The molecule has 244 valence electrons. The van der Waals surface area contributed by atoms with Crippen LogP contribution >= 0.6 is 0 Å². The highest BCUT2D eigenvalue weighted by molar-refractivity contribution is 6.00. The smallest absolute Gasteiger partial charge is 0.155 e. The molecule has 0 amide bonds. The van der Waals surface area contributed by atoms with E-state index in [-0.39, 0.29) is 0 Å². The number of rotatable bonds is 4. The molecular formula is C50H33NO. The summed E-state index contributed by atoms with van der Waals surface area (Å²) in [5.74, 6) is 0. The van der Waals surface area contributed by atoms with E-state index in [2.05, 4.69) is 193 Å². The van der Waals surface area contributed by atoms with E-state index in [0.29, 0.717) is 6.42 Å². The molecule has 1 aromatic heterocycles. The fourth-order valence-corrected chi connectivity index (χ4v) is 9.27. The third-order valence-electron chi connectivity index (χ3n) is 11.3. The number of fused-ring (bicyclic) bond motifs is 13. The quantitative estimate of drug-likeness (QED) is 0.186. The largest absolute Gasteiger partial charge is 0.454 e. The molecule has 2 nitrogen and oxygen atoms in total. The van der Waals surface area contributed by atoms with Gasteiger partial charge >= 0.3 is 0 Å². The molecule has 0 saturated carbocycles. The Kier molecular flexibility index (Phi) is 6.26. The molecule has 11 rings (SSSR count). The minimum atomic E-state index is -0.498. The zero-order chi connectivity index (χ0) is 34.2. The Bertz CT molecular complexity index is 2810. The molecule has 8 aromatic rings. The van der Waals surface area contributed by atoms with Gasteiger partial charge in [0.25, 0.3) is 0 Å². The van der Waals surface area contributed by atoms with Crippen LogP contribution in [0.3, 0.4) is 0 Å². The van der Waals surface area contributed by atoms with Crippen LogP contribution < -0.4 is 15.5 Å². The van der Waals surface area contributed by atoms with Gasteiger partial charge in [-0.1, -0.05) is 164 Å². The van der Waals surface area contributed by atoms with Gasteiger partial charge in [0.05, 0.1) is 16.8 Å². The average molecular weight is 664 g/mol. The number of hydrogen-bond donors (Lipinski definition) is 0. The van der Waals surface area contributed by atoms with Gasteiger partial charge in [-0.3, -0.25) is 0 Å². The summed E-state index contributed by atoms with van der Waals surface area (Å²) in [6.45, 7) is 0. The first-order valence-corrected chi connectivity index (χ1v) is 18.1. The summed E-state index contributed by atoms with van der Waals surface area (Å²) in [4.78, 5) is 2.50. The van der Waals surface area contributed by atoms with Crippen molar-refractivity contribution >= 4 is 34.1 Å². The predicted octanol–water partition coefficient (Wildman–Crippen LogP) is 11.1. The summed E-state index contributed by atoms with van der Waals surface area (Å²) >= 11 is 0. The summed E-state index contributed by atoms with van der Waals surface area (Å²) in [6.07, 6.45) is 7.36. The van der Waals surface area contributed by atoms with E-state index in [9.17, 15) is 0 Å². The molecular weight excluding hydrogens is 631 g/mol. The van der Waals surface area contributed by atoms with E-state index in [1.807, 2.05) is 0 Å². The molecule has 2 heteroatoms. The van der Waals surface area contributed by atoms with Crippen LogP contribution in [0.4, 0.5) is 11.4 Å². The highest BCUT2D eigenvalue weighted by Gasteiger charge is 2.53. The molecule has 1 spiro atoms. The highest BCUT2D eigenvalue weighted by Crippen LogP contribution is 2.65. The number of anilines is 2. The minimum absolute atomic E-state index is 0.498. The van der Waals surface area contributed by atoms with Crippen molar-refractivity contribution in [2.24, 2.45) is 0 Å². The van der Waals surface area contributed by atoms with E-state index in [0.717, 1.165) is 38.7 Å². The maximum Gasteiger partial charge on any atom is 0.155 e. The van der Waals surface area contributed by atoms with Crippen molar-refractivity contribution in [2.75, 3.05) is 4.90 Å². The maximum absolute atomic E-state index is 6.86. The van der Waals surface area contributed by atoms with Gasteiger partial charge in [0.15, 0.2) is 5.42 Å². The topological polar surface area (TPSA) is 16.4 Å². The third-order valence-corrected chi connectivity index (χ3v) is 11.3. The van der Waals surface area contributed by atoms with E-state index < -0.39 is 5.41 Å². The van der Waals surface area contributed by atoms with Crippen LogP contribution in [0.2, 0.25) is 0 Å². The van der Waals surface area contributed by atoms with E-state index in [1.165, 1.54) is 55.6 Å². The number of benzene rings is 7. The van der Waals surface area contributed by atoms with Crippen LogP contribution in [0, 0.1) is 0 Å². The Morgan fingerprint density at radius 3 is 1.79 bits per heavy atom. The zero-order valence-corrected chi connectivity index (χ0v) is 28.5. The number of hydrogen-bond acceptors (Lipinski definition) is 2. The van der Waals surface area contributed by atoms with Gasteiger partial charge in [-0.25, -0.2) is 0 Å². The van der Waals surface area contributed by atoms with Crippen LogP contribution in [0.15, 0.2) is 186 Å². The Hall–Kier alpha value is -6.64. The SMILES string of the molecule is C1=CCC(N(c2ccc(-c3ccccc3)cc2)c2cccc3c2C2(c4ccccc4-c4ccccc42)c2ccccc2-3)=c2oc3ccccc3c2=C1. The predicted molar refractivity (Wildman–Crippen MR) is 214 cm³/mol. The second-order valence-corrected chi connectivity index (χ2v) is 13.9. The fraction of sp³-hybridized carbons (Fsp3) is 0.0400. The molecule has 7 aromatic carbocycles. The monoisotopic (exact) mass is 663 g/mol. The highest BCUT2D eigenvalue weighted by atomic mass is 16.3. The van der Waals surface area contributed by atoms with Gasteiger partial charge in [-0.05, 0) is 74.3 Å². The lowest BCUT2D eigenvalue weighted by Gasteiger charge is -2.36. The van der Waals surface area contributed by atoms with Crippen LogP contribution in [0.5, 0.6) is 0 Å². The first-order valence-electron chi connectivity index (χ1n) is 18.1. The van der Waals surface area contributed by atoms with Gasteiger partial charge < -0.3 is 9.32 Å². The van der Waals surface area contributed by atoms with Crippen LogP contribution in [-0.4, -0.2) is 0 Å². The number of nitrogens with zero attached hydrogens (tertiary/aromatic N) is 1. The third kappa shape index (κ3) is 3.95. The molecule has 3 aliphatic rings. The Morgan fingerprint density at radius 1 is 0.500 bits per heavy atom. The lowest BCUT2D eigenvalue weighted by Crippen LogP contribution is -2.32. The average Bonchev–Trinajstić information content (AvgIpc) is 3.78. The van der Waals surface area contributed by atoms with Gasteiger partial charge in [0.2, 0.25) is 0 Å². The molecule has 52 heavy (non-hydrogen) atoms. The van der Waals surface area contributed by atoms with Gasteiger partial charge in [-0.2, -0.15) is 0 Å². The minimum Gasteiger partial charge on any atom is -0.454 e. The maximum atomic E-state index is 6.86. The van der Waals surface area contributed by atoms with Crippen molar-refractivity contribution in [1.82, 2.24) is 0 Å². The normalized spacial score (nSPS) is 14.3. The van der Waals surface area contributed by atoms with Crippen molar-refractivity contribution in [3.63, 3.8) is 0 Å². The van der Waals surface area contributed by atoms with Crippen molar-refractivity contribution in [3.05, 3.63) is 215 Å². The molecule has 0 fully saturated rings. The Labute approximate surface area is 302 Å². The molecule has 3 aliphatic carbocycles. The van der Waals surface area contributed by atoms with E-state index >= 15 is 0 Å². The van der Waals surface area contributed by atoms with Crippen molar-refractivity contribution < 1.29 is 4.42 Å². The summed E-state index contributed by atoms with van der Waals surface area (Å²) in [7, 11) is 0. The second kappa shape index (κ2) is 11.2. The molecule has 0 radical (unpaired) electrons. The molecule has 1 heterocycles. The lowest BCUT2D eigenvalue weighted by atomic mass is 9.70. The molecule has 0 unspecified atom stereocenters. The molecule has 0 bridgehead atoms. The van der Waals surface area contributed by atoms with Crippen molar-refractivity contribution in [3.8, 4) is 33.4 Å². The lowest BCUT2D eigenvalue weighted by molar-refractivity contribution is 0.569. The summed E-state index contributed by atoms with van der Waals surface area (Å²) in [6, 6.07) is 62.1. The molecule has 0 N–H and O–H groups in total. The first kappa shape index (κ1) is 29.1. The first-order chi connectivity index (χ1) is 25.8. The molecule has 0 atom stereocenters. The standard InChI is InChI=1S/C50H33NO/c1-2-15-33(16-3-1)34-29-31-35(32-30-34)51(46-26-12-7-21-41-39-20-8-13-28-47(39)52-49(41)46)45-27-14-22-40-38-19-6-11-25-44(38)50(48(40)45)42-23-9-4-17-36(42)37-18-5-10-24-43(37)50/h1-25,27-32H,26H2. The van der Waals surface area contributed by atoms with Crippen LogP contribution in [-0.2, 0) is 5.41 Å². The molecule has 0 aliphatic heterocycles. The Balaban J connectivity index is 1.27. The fourth-order valence-electron chi connectivity index (χ4n) is 9.27. The van der Waals surface area contributed by atoms with Gasteiger partial charge in [-0.15, -0.1) is 0 Å². The number of para-hydroxylation sites is 1. The summed E-state index contributed by atoms with van der Waals surface area (Å²) in [5.41, 5.74) is 17.5. The number of allylic oxidation sites excluding steroid dienone is 1. The van der Waals surface area contributed by atoms with E-state index in [4.69, 9.17) is 4.42 Å². The van der Waals surface area contributed by atoms with E-state index in [1.54, 1.807) is 0 Å². The van der Waals surface area contributed by atoms with Gasteiger partial charge in [0.1, 0.15) is 5.58 Å². The Morgan fingerprint density at radius 2 is 1.08 bits per heavy atom.